The van der Waals surface area contributed by atoms with Gasteiger partial charge in [0.25, 0.3) is 0 Å². The smallest absolute Gasteiger partial charge is 0.247 e. The third-order valence-electron chi connectivity index (χ3n) is 5.23. The van der Waals surface area contributed by atoms with Gasteiger partial charge in [-0.2, -0.15) is 0 Å². The molecule has 10 heteroatoms. The summed E-state index contributed by atoms with van der Waals surface area (Å²) < 4.78 is 19.4. The maximum absolute atomic E-state index is 13.6. The molecule has 1 fully saturated rings. The maximum Gasteiger partial charge on any atom is 0.247 e. The maximum atomic E-state index is 13.6. The van der Waals surface area contributed by atoms with Gasteiger partial charge in [0, 0.05) is 43.1 Å². The van der Waals surface area contributed by atoms with Crippen LogP contribution in [0.4, 0.5) is 9.52 Å². The Bertz CT molecular complexity index is 970. The molecule has 1 saturated heterocycles. The van der Waals surface area contributed by atoms with E-state index in [9.17, 15) is 18.8 Å². The number of benzene rings is 1. The van der Waals surface area contributed by atoms with Crippen molar-refractivity contribution in [1.29, 1.82) is 0 Å². The van der Waals surface area contributed by atoms with E-state index in [-0.39, 0.29) is 43.2 Å². The number of carbonyl (C=O) groups excluding carboxylic acids is 3. The van der Waals surface area contributed by atoms with E-state index >= 15 is 0 Å². The van der Waals surface area contributed by atoms with Crippen LogP contribution in [-0.2, 0) is 19.1 Å². The number of nitrogens with zero attached hydrogens (tertiary/aromatic N) is 2. The number of thiazole rings is 1. The van der Waals surface area contributed by atoms with Gasteiger partial charge in [0.15, 0.2) is 5.13 Å². The number of rotatable bonds is 9. The molecule has 2 atom stereocenters. The Hall–Kier alpha value is -2.85. The second-order valence-corrected chi connectivity index (χ2v) is 10.2. The third-order valence-corrected chi connectivity index (χ3v) is 5.92. The normalized spacial score (nSPS) is 16.6. The standard InChI is InChI=1S/C24H31FN4O4S/c1-24(2,3)28-22(32)21(16-6-8-17(25)9-7-16)29(15-18-5-4-13-33-18)20(31)11-10-19(30)27-23-26-12-14-34-23/h6-9,12,14,18,21H,4-5,10-11,13,15H2,1-3H3,(H,28,32)(H,26,27,30)/t18-,21-/m0/s1. The van der Waals surface area contributed by atoms with Gasteiger partial charge in [-0.25, -0.2) is 9.37 Å². The average Bonchev–Trinajstić information content (AvgIpc) is 3.46. The van der Waals surface area contributed by atoms with Crippen LogP contribution in [0.2, 0.25) is 0 Å². The quantitative estimate of drug-likeness (QED) is 0.559. The highest BCUT2D eigenvalue weighted by Gasteiger charge is 2.35. The summed E-state index contributed by atoms with van der Waals surface area (Å²) in [4.78, 5) is 44.6. The molecular formula is C24H31FN4O4S. The fourth-order valence-electron chi connectivity index (χ4n) is 3.75. The van der Waals surface area contributed by atoms with Gasteiger partial charge in [0.05, 0.1) is 6.10 Å². The van der Waals surface area contributed by atoms with Crippen molar-refractivity contribution >= 4 is 34.2 Å². The molecule has 0 saturated carbocycles. The zero-order valence-corrected chi connectivity index (χ0v) is 20.5. The van der Waals surface area contributed by atoms with Gasteiger partial charge in [0.2, 0.25) is 17.7 Å². The number of carbonyl (C=O) groups is 3. The van der Waals surface area contributed by atoms with Crippen LogP contribution >= 0.6 is 11.3 Å². The first-order valence-electron chi connectivity index (χ1n) is 11.3. The van der Waals surface area contributed by atoms with E-state index in [2.05, 4.69) is 15.6 Å². The van der Waals surface area contributed by atoms with Crippen molar-refractivity contribution in [1.82, 2.24) is 15.2 Å². The molecular weight excluding hydrogens is 459 g/mol. The van der Waals surface area contributed by atoms with Crippen LogP contribution in [0, 0.1) is 5.82 Å². The van der Waals surface area contributed by atoms with E-state index in [1.807, 2.05) is 20.8 Å². The number of anilines is 1. The highest BCUT2D eigenvalue weighted by atomic mass is 32.1. The van der Waals surface area contributed by atoms with Crippen molar-refractivity contribution in [3.8, 4) is 0 Å². The van der Waals surface area contributed by atoms with Gasteiger partial charge in [-0.05, 0) is 51.3 Å². The lowest BCUT2D eigenvalue weighted by Gasteiger charge is -2.35. The van der Waals surface area contributed by atoms with E-state index in [4.69, 9.17) is 4.74 Å². The van der Waals surface area contributed by atoms with Gasteiger partial charge in [-0.15, -0.1) is 11.3 Å². The lowest BCUT2D eigenvalue weighted by atomic mass is 10.00. The fourth-order valence-corrected chi connectivity index (χ4v) is 4.29. The summed E-state index contributed by atoms with van der Waals surface area (Å²) in [6, 6.07) is 4.56. The van der Waals surface area contributed by atoms with Crippen LogP contribution in [0.25, 0.3) is 0 Å². The molecule has 8 nitrogen and oxygen atoms in total. The van der Waals surface area contributed by atoms with Crippen molar-refractivity contribution < 1.29 is 23.5 Å². The molecule has 0 aliphatic carbocycles. The lowest BCUT2D eigenvalue weighted by Crippen LogP contribution is -2.50. The second-order valence-electron chi connectivity index (χ2n) is 9.26. The van der Waals surface area contributed by atoms with E-state index in [1.54, 1.807) is 11.6 Å². The zero-order valence-electron chi connectivity index (χ0n) is 19.7. The fraction of sp³-hybridized carbons (Fsp3) is 0.500. The predicted molar refractivity (Wildman–Crippen MR) is 128 cm³/mol. The Kier molecular flexibility index (Phi) is 8.73. The Morgan fingerprint density at radius 2 is 1.97 bits per heavy atom. The highest BCUT2D eigenvalue weighted by Crippen LogP contribution is 2.27. The van der Waals surface area contributed by atoms with Crippen molar-refractivity contribution in [2.75, 3.05) is 18.5 Å². The average molecular weight is 491 g/mol. The van der Waals surface area contributed by atoms with Gasteiger partial charge >= 0.3 is 0 Å². The van der Waals surface area contributed by atoms with Gasteiger partial charge in [-0.1, -0.05) is 12.1 Å². The Morgan fingerprint density at radius 1 is 1.24 bits per heavy atom. The Morgan fingerprint density at radius 3 is 2.56 bits per heavy atom. The number of aromatic nitrogens is 1. The molecule has 2 heterocycles. The summed E-state index contributed by atoms with van der Waals surface area (Å²) in [5.41, 5.74) is -0.0524. The molecule has 34 heavy (non-hydrogen) atoms. The van der Waals surface area contributed by atoms with Crippen molar-refractivity contribution in [3.05, 3.63) is 47.2 Å². The predicted octanol–water partition coefficient (Wildman–Crippen LogP) is 3.66. The molecule has 0 radical (unpaired) electrons. The van der Waals surface area contributed by atoms with Gasteiger partial charge < -0.3 is 20.3 Å². The second kappa shape index (κ2) is 11.5. The lowest BCUT2D eigenvalue weighted by molar-refractivity contribution is -0.143. The third kappa shape index (κ3) is 7.59. The minimum atomic E-state index is -0.987. The first kappa shape index (κ1) is 25.8. The molecule has 1 aromatic heterocycles. The highest BCUT2D eigenvalue weighted by molar-refractivity contribution is 7.13. The monoisotopic (exact) mass is 490 g/mol. The topological polar surface area (TPSA) is 101 Å². The minimum absolute atomic E-state index is 0.0581. The number of halogens is 1. The van der Waals surface area contributed by atoms with Crippen molar-refractivity contribution in [2.24, 2.45) is 0 Å². The van der Waals surface area contributed by atoms with Crippen LogP contribution < -0.4 is 10.6 Å². The number of hydrogen-bond donors (Lipinski definition) is 2. The zero-order chi connectivity index (χ0) is 24.7. The largest absolute Gasteiger partial charge is 0.376 e. The summed E-state index contributed by atoms with van der Waals surface area (Å²) in [5, 5.41) is 7.80. The molecule has 1 aliphatic rings. The number of amides is 3. The minimum Gasteiger partial charge on any atom is -0.376 e. The van der Waals surface area contributed by atoms with Crippen LogP contribution in [0.1, 0.15) is 58.1 Å². The van der Waals surface area contributed by atoms with E-state index < -0.39 is 17.4 Å². The summed E-state index contributed by atoms with van der Waals surface area (Å²) in [6.07, 6.45) is 2.86. The Balaban J connectivity index is 1.83. The molecule has 184 valence electrons. The number of ether oxygens (including phenoxy) is 1. The molecule has 1 aromatic carbocycles. The first-order valence-corrected chi connectivity index (χ1v) is 12.2. The van der Waals surface area contributed by atoms with E-state index in [1.165, 1.54) is 40.5 Å². The molecule has 2 aromatic rings. The SMILES string of the molecule is CC(C)(C)NC(=O)[C@H](c1ccc(F)cc1)N(C[C@@H]1CCCO1)C(=O)CCC(=O)Nc1nccs1. The van der Waals surface area contributed by atoms with Crippen LogP contribution in [0.5, 0.6) is 0 Å². The van der Waals surface area contributed by atoms with E-state index in [0.29, 0.717) is 17.3 Å². The van der Waals surface area contributed by atoms with E-state index in [0.717, 1.165) is 12.8 Å². The number of nitrogens with one attached hydrogen (secondary N) is 2. The van der Waals surface area contributed by atoms with Gasteiger partial charge in [-0.3, -0.25) is 14.4 Å². The summed E-state index contributed by atoms with van der Waals surface area (Å²) >= 11 is 1.29. The first-order chi connectivity index (χ1) is 16.1. The summed E-state index contributed by atoms with van der Waals surface area (Å²) in [7, 11) is 0. The molecule has 1 aliphatic heterocycles. The molecule has 0 bridgehead atoms. The molecule has 2 N–H and O–H groups in total. The summed E-state index contributed by atoms with van der Waals surface area (Å²) in [6.45, 7) is 6.34. The molecule has 3 rings (SSSR count). The summed E-state index contributed by atoms with van der Waals surface area (Å²) in [5.74, 6) is -1.51. The van der Waals surface area contributed by atoms with Crippen LogP contribution in [0.15, 0.2) is 35.8 Å². The van der Waals surface area contributed by atoms with Crippen LogP contribution in [-0.4, -0.2) is 52.4 Å². The van der Waals surface area contributed by atoms with Crippen LogP contribution in [0.3, 0.4) is 0 Å². The molecule has 0 unspecified atom stereocenters. The molecule has 3 amide bonds. The van der Waals surface area contributed by atoms with Crippen molar-refractivity contribution in [2.45, 2.75) is 64.1 Å². The number of hydrogen-bond acceptors (Lipinski definition) is 6. The van der Waals surface area contributed by atoms with Crippen molar-refractivity contribution in [3.63, 3.8) is 0 Å². The van der Waals surface area contributed by atoms with Gasteiger partial charge in [0.1, 0.15) is 11.9 Å². The molecule has 0 spiro atoms. The Labute approximate surface area is 202 Å².